The number of pyridine rings is 1. The molecule has 12 nitrogen and oxygen atoms in total. The van der Waals surface area contributed by atoms with E-state index in [0.717, 1.165) is 25.4 Å². The molecule has 0 radical (unpaired) electrons. The minimum Gasteiger partial charge on any atom is -0.384 e. The lowest BCUT2D eigenvalue weighted by molar-refractivity contribution is -0.137. The fourth-order valence-corrected chi connectivity index (χ4v) is 4.54. The van der Waals surface area contributed by atoms with Crippen LogP contribution in [0.3, 0.4) is 0 Å². The van der Waals surface area contributed by atoms with E-state index in [2.05, 4.69) is 20.0 Å². The van der Waals surface area contributed by atoms with Crippen LogP contribution in [-0.4, -0.2) is 103 Å². The molecule has 5 rings (SSSR count). The van der Waals surface area contributed by atoms with E-state index < -0.39 is 23.3 Å². The Hall–Kier alpha value is -3.63. The molecule has 39 heavy (non-hydrogen) atoms. The summed E-state index contributed by atoms with van der Waals surface area (Å²) < 4.78 is 65.1. The molecule has 2 aliphatic heterocycles. The van der Waals surface area contributed by atoms with Gasteiger partial charge in [-0.3, -0.25) is 4.79 Å². The standard InChI is InChI=1S/C23H27F3N8O2.O2S/c1-14-13-36-8-7-33(14)21-18-9-15(22(35)32-5-3-31(2)4-6-32)12-34(18)30-20(29-21)16-11-28-19(27)10-17(16)23(24,25)26;1-3-2/h9-12,14H,3-8,13H2,1-2H3,(H2,27,28);/t14-;/m0./s1. The van der Waals surface area contributed by atoms with Crippen molar-refractivity contribution in [2.24, 2.45) is 0 Å². The molecule has 210 valence electrons. The monoisotopic (exact) mass is 568 g/mol. The number of nitrogens with zero attached hydrogens (tertiary/aromatic N) is 7. The van der Waals surface area contributed by atoms with Gasteiger partial charge in [-0.25, -0.2) is 14.5 Å². The molecule has 3 aromatic rings. The van der Waals surface area contributed by atoms with Gasteiger partial charge < -0.3 is 25.2 Å². The predicted octanol–water partition coefficient (Wildman–Crippen LogP) is 1.33. The summed E-state index contributed by atoms with van der Waals surface area (Å²) in [6, 6.07) is 2.40. The average Bonchev–Trinajstić information content (AvgIpc) is 3.33. The summed E-state index contributed by atoms with van der Waals surface area (Å²) in [7, 11) is 2.00. The van der Waals surface area contributed by atoms with Crippen molar-refractivity contribution in [3.05, 3.63) is 35.7 Å². The number of carbonyl (C=O) groups excluding carboxylic acids is 1. The highest BCUT2D eigenvalue weighted by Gasteiger charge is 2.36. The lowest BCUT2D eigenvalue weighted by atomic mass is 10.1. The third-order valence-corrected chi connectivity index (χ3v) is 6.59. The van der Waals surface area contributed by atoms with Crippen molar-refractivity contribution in [2.45, 2.75) is 19.1 Å². The second-order valence-electron chi connectivity index (χ2n) is 9.25. The Morgan fingerprint density at radius 1 is 1.15 bits per heavy atom. The first-order chi connectivity index (χ1) is 18.5. The van der Waals surface area contributed by atoms with E-state index in [9.17, 15) is 18.0 Å². The van der Waals surface area contributed by atoms with Crippen LogP contribution in [0.25, 0.3) is 16.9 Å². The summed E-state index contributed by atoms with van der Waals surface area (Å²) in [6.45, 7) is 6.05. The van der Waals surface area contributed by atoms with Gasteiger partial charge in [0.25, 0.3) is 5.91 Å². The largest absolute Gasteiger partial charge is 0.417 e. The normalized spacial score (nSPS) is 18.5. The van der Waals surface area contributed by atoms with Crippen LogP contribution in [0.15, 0.2) is 24.5 Å². The summed E-state index contributed by atoms with van der Waals surface area (Å²) in [5.74, 6) is -0.139. The number of carbonyl (C=O) groups is 1. The van der Waals surface area contributed by atoms with E-state index in [0.29, 0.717) is 49.7 Å². The molecule has 0 unspecified atom stereocenters. The second-order valence-corrected chi connectivity index (χ2v) is 9.39. The third kappa shape index (κ3) is 6.17. The number of ether oxygens (including phenoxy) is 1. The van der Waals surface area contributed by atoms with Gasteiger partial charge in [0, 0.05) is 45.1 Å². The number of likely N-dealkylation sites (N-methyl/N-ethyl adjacent to an activating group) is 1. The highest BCUT2D eigenvalue weighted by molar-refractivity contribution is 7.51. The number of morpholine rings is 1. The molecule has 2 N–H and O–H groups in total. The van der Waals surface area contributed by atoms with Crippen LogP contribution in [0.5, 0.6) is 0 Å². The van der Waals surface area contributed by atoms with Crippen LogP contribution in [0, 0.1) is 0 Å². The number of nitrogen functional groups attached to an aromatic ring is 1. The molecule has 2 saturated heterocycles. The molecule has 0 bridgehead atoms. The van der Waals surface area contributed by atoms with Crippen LogP contribution >= 0.6 is 0 Å². The Labute approximate surface area is 225 Å². The van der Waals surface area contributed by atoms with Gasteiger partial charge in [-0.2, -0.15) is 21.6 Å². The number of halogens is 3. The summed E-state index contributed by atoms with van der Waals surface area (Å²) >= 11 is -0.750. The maximum atomic E-state index is 13.9. The van der Waals surface area contributed by atoms with Crippen molar-refractivity contribution in [2.75, 3.05) is 63.6 Å². The number of alkyl halides is 3. The number of hydrogen-bond acceptors (Lipinski definition) is 10. The van der Waals surface area contributed by atoms with E-state index in [1.54, 1.807) is 17.2 Å². The van der Waals surface area contributed by atoms with Gasteiger partial charge >= 0.3 is 17.7 Å². The van der Waals surface area contributed by atoms with Crippen LogP contribution < -0.4 is 10.6 Å². The average molecular weight is 569 g/mol. The van der Waals surface area contributed by atoms with E-state index in [4.69, 9.17) is 18.9 Å². The molecular formula is C23H27F3N8O4S. The summed E-state index contributed by atoms with van der Waals surface area (Å²) in [5, 5.41) is 4.38. The van der Waals surface area contributed by atoms with Gasteiger partial charge in [0.2, 0.25) is 0 Å². The molecule has 0 spiro atoms. The van der Waals surface area contributed by atoms with Crippen molar-refractivity contribution in [3.8, 4) is 11.4 Å². The smallest absolute Gasteiger partial charge is 0.384 e. The molecule has 3 aromatic heterocycles. The minimum atomic E-state index is -4.68. The Balaban J connectivity index is 0.00000112. The number of hydrogen-bond donors (Lipinski definition) is 1. The first-order valence-corrected chi connectivity index (χ1v) is 12.7. The number of rotatable bonds is 3. The van der Waals surface area contributed by atoms with Crippen molar-refractivity contribution < 1.29 is 31.1 Å². The Morgan fingerprint density at radius 2 is 1.85 bits per heavy atom. The van der Waals surface area contributed by atoms with Crippen molar-refractivity contribution >= 4 is 34.6 Å². The van der Waals surface area contributed by atoms with E-state index >= 15 is 0 Å². The fraction of sp³-hybridized carbons (Fsp3) is 0.478. The topological polar surface area (TPSA) is 139 Å². The van der Waals surface area contributed by atoms with Crippen molar-refractivity contribution in [1.82, 2.24) is 29.4 Å². The molecule has 2 fully saturated rings. The summed E-state index contributed by atoms with van der Waals surface area (Å²) in [6.07, 6.45) is -2.10. The van der Waals surface area contributed by atoms with Crippen LogP contribution in [-0.2, 0) is 22.5 Å². The van der Waals surface area contributed by atoms with Crippen molar-refractivity contribution in [3.63, 3.8) is 0 Å². The van der Waals surface area contributed by atoms with Crippen LogP contribution in [0.2, 0.25) is 0 Å². The highest BCUT2D eigenvalue weighted by Crippen LogP contribution is 2.37. The molecule has 5 heterocycles. The molecule has 2 aliphatic rings. The first-order valence-electron chi connectivity index (χ1n) is 12.0. The predicted molar refractivity (Wildman–Crippen MR) is 136 cm³/mol. The zero-order valence-electron chi connectivity index (χ0n) is 21.2. The Kier molecular flexibility index (Phi) is 8.46. The van der Waals surface area contributed by atoms with Gasteiger partial charge in [0.05, 0.1) is 35.9 Å². The van der Waals surface area contributed by atoms with Gasteiger partial charge in [0.1, 0.15) is 11.3 Å². The fourth-order valence-electron chi connectivity index (χ4n) is 4.54. The van der Waals surface area contributed by atoms with Gasteiger partial charge in [-0.1, -0.05) is 0 Å². The molecule has 1 atom stereocenters. The second kappa shape index (κ2) is 11.6. The SMILES string of the molecule is C[C@H]1COCCN1c1nc(-c2cnc(N)cc2C(F)(F)F)nn2cc(C(=O)N3CCN(C)CC3)cc12.O=S=O. The summed E-state index contributed by atoms with van der Waals surface area (Å²) in [5.41, 5.74) is 5.22. The van der Waals surface area contributed by atoms with Crippen LogP contribution in [0.4, 0.5) is 24.8 Å². The first kappa shape index (κ1) is 28.4. The number of aromatic nitrogens is 4. The highest BCUT2D eigenvalue weighted by atomic mass is 32.1. The number of fused-ring (bicyclic) bond motifs is 1. The number of nitrogens with two attached hydrogens (primary N) is 1. The van der Waals surface area contributed by atoms with Gasteiger partial charge in [-0.05, 0) is 26.1 Å². The molecule has 0 aromatic carbocycles. The van der Waals surface area contributed by atoms with Gasteiger partial charge in [-0.15, -0.1) is 5.10 Å². The quantitative estimate of drug-likeness (QED) is 0.492. The molecule has 0 aliphatic carbocycles. The van der Waals surface area contributed by atoms with E-state index in [-0.39, 0.29) is 29.2 Å². The van der Waals surface area contributed by atoms with Crippen molar-refractivity contribution in [1.29, 1.82) is 0 Å². The molecule has 1 amide bonds. The lowest BCUT2D eigenvalue weighted by Crippen LogP contribution is -2.47. The molecule has 16 heteroatoms. The maximum Gasteiger partial charge on any atom is 0.417 e. The zero-order valence-corrected chi connectivity index (χ0v) is 22.0. The number of piperazine rings is 1. The third-order valence-electron chi connectivity index (χ3n) is 6.59. The lowest BCUT2D eigenvalue weighted by Gasteiger charge is -2.34. The van der Waals surface area contributed by atoms with E-state index in [1.165, 1.54) is 4.52 Å². The maximum absolute atomic E-state index is 13.9. The molecular weight excluding hydrogens is 541 g/mol. The van der Waals surface area contributed by atoms with Crippen LogP contribution in [0.1, 0.15) is 22.8 Å². The number of amides is 1. The summed E-state index contributed by atoms with van der Waals surface area (Å²) in [4.78, 5) is 27.6. The molecule has 0 saturated carbocycles. The van der Waals surface area contributed by atoms with E-state index in [1.807, 2.05) is 18.9 Å². The minimum absolute atomic E-state index is 0.0800. The van der Waals surface area contributed by atoms with Gasteiger partial charge in [0.15, 0.2) is 11.6 Å². The Morgan fingerprint density at radius 3 is 2.49 bits per heavy atom. The Bertz CT molecular complexity index is 1390. The number of anilines is 2. The zero-order chi connectivity index (χ0) is 28.3.